The fraction of sp³-hybridized carbons (Fsp3) is 0.440. The fourth-order valence-corrected chi connectivity index (χ4v) is 4.24. The number of ether oxygens (including phenoxy) is 1. The van der Waals surface area contributed by atoms with Gasteiger partial charge in [0.2, 0.25) is 5.91 Å². The lowest BCUT2D eigenvalue weighted by molar-refractivity contribution is -0.125. The van der Waals surface area contributed by atoms with Crippen LogP contribution in [0, 0.1) is 5.92 Å². The molecule has 1 aliphatic rings. The summed E-state index contributed by atoms with van der Waals surface area (Å²) in [5.41, 5.74) is 2.08. The van der Waals surface area contributed by atoms with Gasteiger partial charge >= 0.3 is 0 Å². The van der Waals surface area contributed by atoms with Crippen LogP contribution in [0.3, 0.4) is 0 Å². The maximum absolute atomic E-state index is 13.5. The van der Waals surface area contributed by atoms with Crippen LogP contribution < -0.4 is 15.8 Å². The highest BCUT2D eigenvalue weighted by molar-refractivity contribution is 5.79. The Morgan fingerprint density at radius 1 is 1.21 bits per heavy atom. The summed E-state index contributed by atoms with van der Waals surface area (Å²) in [5, 5.41) is 3.01. The Hall–Kier alpha value is -3.26. The summed E-state index contributed by atoms with van der Waals surface area (Å²) in [6.45, 7) is 5.48. The third-order valence-electron chi connectivity index (χ3n) is 5.93. The van der Waals surface area contributed by atoms with Crippen molar-refractivity contribution in [1.29, 1.82) is 0 Å². The van der Waals surface area contributed by atoms with Crippen molar-refractivity contribution in [1.82, 2.24) is 19.9 Å². The third-order valence-corrected chi connectivity index (χ3v) is 5.93. The van der Waals surface area contributed by atoms with Crippen molar-refractivity contribution in [3.05, 3.63) is 64.6 Å². The number of nitrogens with one attached hydrogen (secondary N) is 1. The maximum atomic E-state index is 13.5. The molecule has 0 unspecified atom stereocenters. The zero-order chi connectivity index (χ0) is 23.0. The maximum Gasteiger partial charge on any atom is 0.295 e. The second-order valence-electron chi connectivity index (χ2n) is 8.29. The number of carbonyl (C=O) groups excluding carboxylic acids is 1. The number of anilines is 1. The molecular formula is C25H31N5O3. The van der Waals surface area contributed by atoms with E-state index in [1.54, 1.807) is 10.8 Å². The molecule has 1 N–H and O–H groups in total. The Kier molecular flexibility index (Phi) is 7.67. The summed E-state index contributed by atoms with van der Waals surface area (Å²) in [6, 6.07) is 13.6. The van der Waals surface area contributed by atoms with Crippen LogP contribution in [0.4, 0.5) is 5.82 Å². The molecule has 4 rings (SSSR count). The van der Waals surface area contributed by atoms with E-state index in [9.17, 15) is 9.59 Å². The van der Waals surface area contributed by atoms with Gasteiger partial charge in [0.05, 0.1) is 12.5 Å². The molecule has 0 saturated carbocycles. The lowest BCUT2D eigenvalue weighted by Crippen LogP contribution is -2.46. The van der Waals surface area contributed by atoms with Crippen molar-refractivity contribution in [2.24, 2.45) is 5.92 Å². The molecule has 33 heavy (non-hydrogen) atoms. The number of carbonyl (C=O) groups is 1. The molecular weight excluding hydrogens is 418 g/mol. The number of aromatic nitrogens is 3. The van der Waals surface area contributed by atoms with E-state index in [2.05, 4.69) is 15.3 Å². The zero-order valence-corrected chi connectivity index (χ0v) is 19.1. The Bertz CT molecular complexity index is 1130. The largest absolute Gasteiger partial charge is 0.382 e. The van der Waals surface area contributed by atoms with Gasteiger partial charge in [0.15, 0.2) is 11.5 Å². The van der Waals surface area contributed by atoms with E-state index in [4.69, 9.17) is 4.74 Å². The molecule has 174 valence electrons. The minimum absolute atomic E-state index is 0.0308. The number of hydrogen-bond donors (Lipinski definition) is 1. The molecule has 0 spiro atoms. The van der Waals surface area contributed by atoms with Crippen LogP contribution in [0.25, 0.3) is 11.2 Å². The van der Waals surface area contributed by atoms with Crippen molar-refractivity contribution >= 4 is 22.9 Å². The van der Waals surface area contributed by atoms with E-state index in [0.717, 1.165) is 24.8 Å². The summed E-state index contributed by atoms with van der Waals surface area (Å²) >= 11 is 0. The first-order valence-electron chi connectivity index (χ1n) is 11.7. The number of hydrogen-bond acceptors (Lipinski definition) is 6. The topological polar surface area (TPSA) is 89.3 Å². The van der Waals surface area contributed by atoms with Gasteiger partial charge in [-0.1, -0.05) is 30.3 Å². The Labute approximate surface area is 193 Å². The van der Waals surface area contributed by atoms with Crippen LogP contribution in [0.2, 0.25) is 0 Å². The molecule has 3 heterocycles. The molecule has 3 aromatic rings. The summed E-state index contributed by atoms with van der Waals surface area (Å²) in [4.78, 5) is 37.3. The Morgan fingerprint density at radius 3 is 2.88 bits per heavy atom. The number of rotatable bonds is 9. The lowest BCUT2D eigenvalue weighted by Gasteiger charge is -2.32. The summed E-state index contributed by atoms with van der Waals surface area (Å²) in [7, 11) is 0. The molecule has 1 fully saturated rings. The second-order valence-corrected chi connectivity index (χ2v) is 8.29. The molecule has 1 saturated heterocycles. The zero-order valence-electron chi connectivity index (χ0n) is 19.1. The van der Waals surface area contributed by atoms with Crippen molar-refractivity contribution in [2.45, 2.75) is 32.7 Å². The first kappa shape index (κ1) is 22.9. The van der Waals surface area contributed by atoms with Crippen LogP contribution in [0.5, 0.6) is 0 Å². The average Bonchev–Trinajstić information content (AvgIpc) is 2.86. The molecule has 8 heteroatoms. The fourth-order valence-electron chi connectivity index (χ4n) is 4.24. The minimum atomic E-state index is -0.178. The van der Waals surface area contributed by atoms with Crippen LogP contribution >= 0.6 is 0 Å². The van der Waals surface area contributed by atoms with Gasteiger partial charge in [-0.25, -0.2) is 9.97 Å². The molecule has 0 aliphatic carbocycles. The van der Waals surface area contributed by atoms with E-state index in [0.29, 0.717) is 56.4 Å². The molecule has 1 atom stereocenters. The highest BCUT2D eigenvalue weighted by Gasteiger charge is 2.28. The van der Waals surface area contributed by atoms with Gasteiger partial charge in [0, 0.05) is 39.0 Å². The number of fused-ring (bicyclic) bond motifs is 1. The predicted octanol–water partition coefficient (Wildman–Crippen LogP) is 2.60. The minimum Gasteiger partial charge on any atom is -0.382 e. The van der Waals surface area contributed by atoms with Gasteiger partial charge in [0.1, 0.15) is 5.52 Å². The SMILES string of the molecule is CCOCCCNC(=O)[C@@H]1CCCN(c2nc3cccnc3n(Cc3ccccc3)c2=O)C1. The van der Waals surface area contributed by atoms with Crippen molar-refractivity contribution in [3.63, 3.8) is 0 Å². The molecule has 0 bridgehead atoms. The second kappa shape index (κ2) is 11.0. The van der Waals surface area contributed by atoms with Gasteiger partial charge < -0.3 is 15.0 Å². The van der Waals surface area contributed by atoms with Gasteiger partial charge in [-0.2, -0.15) is 0 Å². The Balaban J connectivity index is 1.55. The average molecular weight is 450 g/mol. The third kappa shape index (κ3) is 5.57. The van der Waals surface area contributed by atoms with Crippen molar-refractivity contribution in [2.75, 3.05) is 37.7 Å². The molecule has 1 amide bonds. The smallest absolute Gasteiger partial charge is 0.295 e. The van der Waals surface area contributed by atoms with Crippen LogP contribution in [-0.4, -0.2) is 53.3 Å². The van der Waals surface area contributed by atoms with Crippen LogP contribution in [-0.2, 0) is 16.1 Å². The Morgan fingerprint density at radius 2 is 2.06 bits per heavy atom. The lowest BCUT2D eigenvalue weighted by atomic mass is 9.97. The van der Waals surface area contributed by atoms with Gasteiger partial charge in [0.25, 0.3) is 5.56 Å². The van der Waals surface area contributed by atoms with E-state index < -0.39 is 0 Å². The number of piperidine rings is 1. The molecule has 0 radical (unpaired) electrons. The predicted molar refractivity (Wildman–Crippen MR) is 128 cm³/mol. The standard InChI is InChI=1S/C25H31N5O3/c1-2-33-16-8-14-27-24(31)20-11-7-15-29(18-20)23-25(32)30(17-19-9-4-3-5-10-19)22-21(28-23)12-6-13-26-22/h3-6,9-10,12-13,20H,2,7-8,11,14-18H2,1H3,(H,27,31)/t20-/m1/s1. The molecule has 1 aromatic carbocycles. The summed E-state index contributed by atoms with van der Waals surface area (Å²) < 4.78 is 7.01. The normalized spacial score (nSPS) is 16.2. The van der Waals surface area contributed by atoms with E-state index in [1.165, 1.54) is 0 Å². The molecule has 2 aromatic heterocycles. The van der Waals surface area contributed by atoms with Gasteiger partial charge in [-0.3, -0.25) is 14.2 Å². The summed E-state index contributed by atoms with van der Waals surface area (Å²) in [5.74, 6) is 0.253. The van der Waals surface area contributed by atoms with Gasteiger partial charge in [-0.15, -0.1) is 0 Å². The number of amides is 1. The highest BCUT2D eigenvalue weighted by atomic mass is 16.5. The van der Waals surface area contributed by atoms with Crippen molar-refractivity contribution < 1.29 is 9.53 Å². The molecule has 1 aliphatic heterocycles. The highest BCUT2D eigenvalue weighted by Crippen LogP contribution is 2.22. The quantitative estimate of drug-likeness (QED) is 0.505. The first-order chi connectivity index (χ1) is 16.2. The number of pyridine rings is 1. The summed E-state index contributed by atoms with van der Waals surface area (Å²) in [6.07, 6.45) is 4.11. The van der Waals surface area contributed by atoms with E-state index in [-0.39, 0.29) is 17.4 Å². The van der Waals surface area contributed by atoms with Crippen LogP contribution in [0.15, 0.2) is 53.5 Å². The van der Waals surface area contributed by atoms with E-state index in [1.807, 2.05) is 54.3 Å². The monoisotopic (exact) mass is 449 g/mol. The van der Waals surface area contributed by atoms with Crippen LogP contribution in [0.1, 0.15) is 31.7 Å². The van der Waals surface area contributed by atoms with Crippen molar-refractivity contribution in [3.8, 4) is 0 Å². The number of nitrogens with zero attached hydrogens (tertiary/aromatic N) is 4. The number of benzene rings is 1. The van der Waals surface area contributed by atoms with E-state index >= 15 is 0 Å². The first-order valence-corrected chi connectivity index (χ1v) is 11.7. The van der Waals surface area contributed by atoms with Gasteiger partial charge in [-0.05, 0) is 43.9 Å². The molecule has 8 nitrogen and oxygen atoms in total.